The first-order chi connectivity index (χ1) is 9.54. The fraction of sp³-hybridized carbons (Fsp3) is 0.176. The standard InChI is InChI=1S/C17H14ClNO/c1-11-5-3-4-6-14(11)15(10-19)17(20)13-8-7-12(2)16(18)9-13/h3-9,15H,1-2H3. The van der Waals surface area contributed by atoms with Crippen LogP contribution in [0.15, 0.2) is 42.5 Å². The molecule has 20 heavy (non-hydrogen) atoms. The van der Waals surface area contributed by atoms with E-state index in [0.717, 1.165) is 16.7 Å². The van der Waals surface area contributed by atoms with Gasteiger partial charge in [-0.15, -0.1) is 0 Å². The number of carbonyl (C=O) groups is 1. The average Bonchev–Trinajstić information content (AvgIpc) is 2.44. The summed E-state index contributed by atoms with van der Waals surface area (Å²) in [4.78, 5) is 12.5. The minimum absolute atomic E-state index is 0.219. The number of halogens is 1. The van der Waals surface area contributed by atoms with Gasteiger partial charge in [-0.25, -0.2) is 0 Å². The number of ketones is 1. The van der Waals surface area contributed by atoms with E-state index in [4.69, 9.17) is 11.6 Å². The molecule has 0 radical (unpaired) electrons. The second-order valence-electron chi connectivity index (χ2n) is 4.75. The van der Waals surface area contributed by atoms with Crippen molar-refractivity contribution in [2.24, 2.45) is 0 Å². The number of nitrogens with zero attached hydrogens (tertiary/aromatic N) is 1. The van der Waals surface area contributed by atoms with Crippen LogP contribution in [0.25, 0.3) is 0 Å². The van der Waals surface area contributed by atoms with Gasteiger partial charge in [-0.05, 0) is 36.6 Å². The van der Waals surface area contributed by atoms with Crippen LogP contribution in [-0.4, -0.2) is 5.78 Å². The maximum atomic E-state index is 12.5. The van der Waals surface area contributed by atoms with Crippen molar-refractivity contribution >= 4 is 17.4 Å². The average molecular weight is 284 g/mol. The Morgan fingerprint density at radius 3 is 2.45 bits per heavy atom. The van der Waals surface area contributed by atoms with E-state index in [9.17, 15) is 10.1 Å². The Morgan fingerprint density at radius 1 is 1.15 bits per heavy atom. The second-order valence-corrected chi connectivity index (χ2v) is 5.15. The summed E-state index contributed by atoms with van der Waals surface area (Å²) in [5, 5.41) is 9.89. The Hall–Kier alpha value is -2.11. The molecule has 0 N–H and O–H groups in total. The number of aryl methyl sites for hydroxylation is 2. The molecular formula is C17H14ClNO. The maximum Gasteiger partial charge on any atom is 0.184 e. The highest BCUT2D eigenvalue weighted by atomic mass is 35.5. The minimum atomic E-state index is -0.796. The molecule has 3 heteroatoms. The van der Waals surface area contributed by atoms with Crippen molar-refractivity contribution < 1.29 is 4.79 Å². The van der Waals surface area contributed by atoms with Crippen LogP contribution < -0.4 is 0 Å². The van der Waals surface area contributed by atoms with Gasteiger partial charge in [0.05, 0.1) is 6.07 Å². The molecule has 0 bridgehead atoms. The molecule has 0 aliphatic heterocycles. The highest BCUT2D eigenvalue weighted by Crippen LogP contribution is 2.25. The van der Waals surface area contributed by atoms with Gasteiger partial charge in [0.1, 0.15) is 5.92 Å². The fourth-order valence-electron chi connectivity index (χ4n) is 2.09. The Labute approximate surface area is 123 Å². The van der Waals surface area contributed by atoms with Gasteiger partial charge in [0, 0.05) is 10.6 Å². The van der Waals surface area contributed by atoms with Gasteiger partial charge in [0.15, 0.2) is 5.78 Å². The molecule has 0 aliphatic rings. The number of rotatable bonds is 3. The molecular weight excluding hydrogens is 270 g/mol. The third-order valence-corrected chi connectivity index (χ3v) is 3.75. The van der Waals surface area contributed by atoms with Crippen molar-refractivity contribution in [2.75, 3.05) is 0 Å². The van der Waals surface area contributed by atoms with Crippen molar-refractivity contribution in [2.45, 2.75) is 19.8 Å². The van der Waals surface area contributed by atoms with Crippen molar-refractivity contribution in [1.82, 2.24) is 0 Å². The highest BCUT2D eigenvalue weighted by Gasteiger charge is 2.23. The van der Waals surface area contributed by atoms with Crippen LogP contribution in [0.5, 0.6) is 0 Å². The number of benzene rings is 2. The molecule has 0 heterocycles. The molecule has 2 aromatic rings. The van der Waals surface area contributed by atoms with Crippen LogP contribution in [0.3, 0.4) is 0 Å². The molecule has 0 fully saturated rings. The molecule has 2 nitrogen and oxygen atoms in total. The molecule has 0 aromatic heterocycles. The van der Waals surface area contributed by atoms with Crippen LogP contribution in [0.4, 0.5) is 0 Å². The van der Waals surface area contributed by atoms with E-state index in [2.05, 4.69) is 6.07 Å². The van der Waals surface area contributed by atoms with E-state index in [1.54, 1.807) is 18.2 Å². The summed E-state index contributed by atoms with van der Waals surface area (Å²) in [6.45, 7) is 3.77. The van der Waals surface area contributed by atoms with Gasteiger partial charge in [-0.2, -0.15) is 5.26 Å². The van der Waals surface area contributed by atoms with E-state index < -0.39 is 5.92 Å². The van der Waals surface area contributed by atoms with Crippen LogP contribution in [0.2, 0.25) is 5.02 Å². The largest absolute Gasteiger partial charge is 0.292 e. The summed E-state index contributed by atoms with van der Waals surface area (Å²) < 4.78 is 0. The van der Waals surface area contributed by atoms with E-state index in [1.807, 2.05) is 38.1 Å². The zero-order chi connectivity index (χ0) is 14.7. The SMILES string of the molecule is Cc1ccc(C(=O)C(C#N)c2ccccc2C)cc1Cl. The van der Waals surface area contributed by atoms with Gasteiger partial charge >= 0.3 is 0 Å². The molecule has 100 valence electrons. The normalized spacial score (nSPS) is 11.7. The van der Waals surface area contributed by atoms with Gasteiger partial charge in [0.25, 0.3) is 0 Å². The van der Waals surface area contributed by atoms with Crippen LogP contribution >= 0.6 is 11.6 Å². The van der Waals surface area contributed by atoms with Crippen LogP contribution in [-0.2, 0) is 0 Å². The number of nitriles is 1. The number of hydrogen-bond acceptors (Lipinski definition) is 2. The lowest BCUT2D eigenvalue weighted by molar-refractivity contribution is 0.0978. The summed E-state index contributed by atoms with van der Waals surface area (Å²) in [7, 11) is 0. The summed E-state index contributed by atoms with van der Waals surface area (Å²) in [5.74, 6) is -1.02. The first kappa shape index (κ1) is 14.3. The molecule has 2 aromatic carbocycles. The fourth-order valence-corrected chi connectivity index (χ4v) is 2.27. The van der Waals surface area contributed by atoms with Gasteiger partial charge < -0.3 is 0 Å². The number of carbonyl (C=O) groups excluding carboxylic acids is 1. The lowest BCUT2D eigenvalue weighted by Crippen LogP contribution is -2.12. The first-order valence-electron chi connectivity index (χ1n) is 6.30. The van der Waals surface area contributed by atoms with Gasteiger partial charge in [-0.3, -0.25) is 4.79 Å². The van der Waals surface area contributed by atoms with Crippen molar-refractivity contribution in [1.29, 1.82) is 5.26 Å². The molecule has 0 amide bonds. The highest BCUT2D eigenvalue weighted by molar-refractivity contribution is 6.31. The van der Waals surface area contributed by atoms with Crippen molar-refractivity contribution in [3.63, 3.8) is 0 Å². The Kier molecular flexibility index (Phi) is 4.22. The van der Waals surface area contributed by atoms with Crippen LogP contribution in [0, 0.1) is 25.2 Å². The Morgan fingerprint density at radius 2 is 1.85 bits per heavy atom. The minimum Gasteiger partial charge on any atom is -0.292 e. The van der Waals surface area contributed by atoms with Gasteiger partial charge in [0.2, 0.25) is 0 Å². The molecule has 2 rings (SSSR count). The second kappa shape index (κ2) is 5.90. The van der Waals surface area contributed by atoms with E-state index in [-0.39, 0.29) is 5.78 Å². The zero-order valence-corrected chi connectivity index (χ0v) is 12.1. The smallest absolute Gasteiger partial charge is 0.184 e. The summed E-state index contributed by atoms with van der Waals surface area (Å²) in [6, 6.07) is 14.7. The van der Waals surface area contributed by atoms with Crippen molar-refractivity contribution in [3.05, 3.63) is 69.7 Å². The lowest BCUT2D eigenvalue weighted by Gasteiger charge is -2.12. The van der Waals surface area contributed by atoms with Gasteiger partial charge in [-0.1, -0.05) is 48.0 Å². The van der Waals surface area contributed by atoms with E-state index >= 15 is 0 Å². The summed E-state index contributed by atoms with van der Waals surface area (Å²) in [6.07, 6.45) is 0. The molecule has 0 spiro atoms. The summed E-state index contributed by atoms with van der Waals surface area (Å²) >= 11 is 6.05. The van der Waals surface area contributed by atoms with Crippen LogP contribution in [0.1, 0.15) is 33.0 Å². The molecule has 0 saturated carbocycles. The predicted octanol–water partition coefficient (Wildman–Crippen LogP) is 4.45. The van der Waals surface area contributed by atoms with E-state index in [0.29, 0.717) is 10.6 Å². The molecule has 0 saturated heterocycles. The molecule has 1 unspecified atom stereocenters. The molecule has 1 atom stereocenters. The third kappa shape index (κ3) is 2.74. The van der Waals surface area contributed by atoms with E-state index in [1.165, 1.54) is 0 Å². The first-order valence-corrected chi connectivity index (χ1v) is 6.68. The Balaban J connectivity index is 2.42. The zero-order valence-electron chi connectivity index (χ0n) is 11.4. The maximum absolute atomic E-state index is 12.5. The topological polar surface area (TPSA) is 40.9 Å². The number of Topliss-reactive ketones (excluding diaryl/α,β-unsaturated/α-hetero) is 1. The quantitative estimate of drug-likeness (QED) is 0.781. The lowest BCUT2D eigenvalue weighted by atomic mass is 9.89. The summed E-state index contributed by atoms with van der Waals surface area (Å²) in [5.41, 5.74) is 3.06. The molecule has 0 aliphatic carbocycles. The Bertz CT molecular complexity index is 700. The third-order valence-electron chi connectivity index (χ3n) is 3.35. The monoisotopic (exact) mass is 283 g/mol. The predicted molar refractivity (Wildman–Crippen MR) is 80.1 cm³/mol. The number of hydrogen-bond donors (Lipinski definition) is 0. The van der Waals surface area contributed by atoms with Crippen molar-refractivity contribution in [3.8, 4) is 6.07 Å².